The average Bonchev–Trinajstić information content (AvgIpc) is 2.89. The maximum absolute atomic E-state index is 5.15. The van der Waals surface area contributed by atoms with E-state index in [0.29, 0.717) is 12.1 Å². The molecule has 0 aromatic carbocycles. The molecular weight excluding hydrogens is 204 g/mol. The predicted octanol–water partition coefficient (Wildman–Crippen LogP) is 2.70. The van der Waals surface area contributed by atoms with E-state index in [1.54, 1.807) is 14.2 Å². The Morgan fingerprint density at radius 1 is 1.25 bits per heavy atom. The van der Waals surface area contributed by atoms with E-state index in [0.717, 1.165) is 19.3 Å². The van der Waals surface area contributed by atoms with Crippen LogP contribution in [0.15, 0.2) is 21.9 Å². The number of hydrogen-bond donors (Lipinski definition) is 0. The molecule has 1 aliphatic heterocycles. The number of hydrogen-bond acceptors (Lipinski definition) is 4. The van der Waals surface area contributed by atoms with Gasteiger partial charge in [-0.05, 0) is 37.7 Å². The Morgan fingerprint density at radius 3 is 2.38 bits per heavy atom. The van der Waals surface area contributed by atoms with Gasteiger partial charge in [-0.3, -0.25) is 0 Å². The zero-order chi connectivity index (χ0) is 11.4. The van der Waals surface area contributed by atoms with Crippen LogP contribution in [0.1, 0.15) is 32.1 Å². The Balaban J connectivity index is 1.70. The van der Waals surface area contributed by atoms with Crippen LogP contribution in [0.4, 0.5) is 0 Å². The van der Waals surface area contributed by atoms with E-state index >= 15 is 0 Å². The first-order valence-electron chi connectivity index (χ1n) is 6.00. The van der Waals surface area contributed by atoms with Crippen molar-refractivity contribution >= 4 is 0 Å². The van der Waals surface area contributed by atoms with Crippen molar-refractivity contribution in [2.75, 3.05) is 14.2 Å². The quantitative estimate of drug-likeness (QED) is 0.395. The van der Waals surface area contributed by atoms with Gasteiger partial charge in [0.25, 0.3) is 0 Å². The van der Waals surface area contributed by atoms with Crippen LogP contribution in [0.5, 0.6) is 0 Å². The van der Waals surface area contributed by atoms with E-state index in [-0.39, 0.29) is 6.29 Å². The Kier molecular flexibility index (Phi) is 4.07. The molecule has 0 spiro atoms. The van der Waals surface area contributed by atoms with Gasteiger partial charge in [-0.2, -0.15) is 10.2 Å². The van der Waals surface area contributed by atoms with Crippen molar-refractivity contribution in [2.45, 2.75) is 50.5 Å². The van der Waals surface area contributed by atoms with E-state index < -0.39 is 0 Å². The summed E-state index contributed by atoms with van der Waals surface area (Å²) in [7, 11) is 3.36. The standard InChI is InChI=1S/C12H20N2O2/c1-15-12(16-2)6-4-3-5-9-10-7-8-11(9)14-13-10/h5,10-12H,3-4,6-8H2,1-2H3/t10-,11+. The second-order valence-corrected chi connectivity index (χ2v) is 4.38. The highest BCUT2D eigenvalue weighted by Crippen LogP contribution is 2.37. The summed E-state index contributed by atoms with van der Waals surface area (Å²) in [5.41, 5.74) is 1.45. The highest BCUT2D eigenvalue weighted by molar-refractivity contribution is 5.26. The van der Waals surface area contributed by atoms with Gasteiger partial charge in [-0.25, -0.2) is 0 Å². The molecule has 2 aliphatic rings. The second-order valence-electron chi connectivity index (χ2n) is 4.38. The van der Waals surface area contributed by atoms with Crippen molar-refractivity contribution in [3.8, 4) is 0 Å². The fraction of sp³-hybridized carbons (Fsp3) is 0.833. The Morgan fingerprint density at radius 2 is 1.88 bits per heavy atom. The van der Waals surface area contributed by atoms with Crippen molar-refractivity contribution in [3.05, 3.63) is 11.6 Å². The molecule has 0 aromatic rings. The SMILES string of the molecule is COC(CCCC=C1[C@@H]2CC[C@H]1N=N2)OC. The molecule has 1 aliphatic carbocycles. The van der Waals surface area contributed by atoms with Crippen LogP contribution in [0, 0.1) is 0 Å². The molecule has 16 heavy (non-hydrogen) atoms. The number of azo groups is 1. The number of methoxy groups -OCH3 is 2. The van der Waals surface area contributed by atoms with Crippen LogP contribution in [-0.4, -0.2) is 32.6 Å². The molecule has 2 rings (SSSR count). The molecule has 2 atom stereocenters. The summed E-state index contributed by atoms with van der Waals surface area (Å²) in [6, 6.07) is 0.816. The van der Waals surface area contributed by atoms with Gasteiger partial charge in [0.05, 0.1) is 12.1 Å². The summed E-state index contributed by atoms with van der Waals surface area (Å²) < 4.78 is 10.3. The van der Waals surface area contributed by atoms with Gasteiger partial charge in [0.1, 0.15) is 0 Å². The van der Waals surface area contributed by atoms with Crippen molar-refractivity contribution in [3.63, 3.8) is 0 Å². The largest absolute Gasteiger partial charge is 0.356 e. The zero-order valence-corrected chi connectivity index (χ0v) is 10.1. The van der Waals surface area contributed by atoms with Crippen molar-refractivity contribution in [1.82, 2.24) is 0 Å². The van der Waals surface area contributed by atoms with Crippen LogP contribution in [0.3, 0.4) is 0 Å². The molecular formula is C12H20N2O2. The number of unbranched alkanes of at least 4 members (excludes halogenated alkanes) is 1. The summed E-state index contributed by atoms with van der Waals surface area (Å²) in [5, 5.41) is 8.48. The van der Waals surface area contributed by atoms with E-state index in [9.17, 15) is 0 Å². The van der Waals surface area contributed by atoms with Gasteiger partial charge >= 0.3 is 0 Å². The topological polar surface area (TPSA) is 43.2 Å². The van der Waals surface area contributed by atoms with Crippen molar-refractivity contribution < 1.29 is 9.47 Å². The number of allylic oxidation sites excluding steroid dienone is 1. The Bertz CT molecular complexity index is 269. The van der Waals surface area contributed by atoms with Crippen molar-refractivity contribution in [2.24, 2.45) is 10.2 Å². The lowest BCUT2D eigenvalue weighted by atomic mass is 10.1. The molecule has 4 nitrogen and oxygen atoms in total. The summed E-state index contributed by atoms with van der Waals surface area (Å²) in [4.78, 5) is 0. The van der Waals surface area contributed by atoms with Gasteiger partial charge in [0.15, 0.2) is 6.29 Å². The second kappa shape index (κ2) is 5.55. The molecule has 4 heteroatoms. The van der Waals surface area contributed by atoms with E-state index in [4.69, 9.17) is 9.47 Å². The molecule has 0 radical (unpaired) electrons. The molecule has 90 valence electrons. The molecule has 0 unspecified atom stereocenters. The lowest BCUT2D eigenvalue weighted by Crippen LogP contribution is -2.12. The minimum atomic E-state index is -0.0620. The predicted molar refractivity (Wildman–Crippen MR) is 61.4 cm³/mol. The minimum absolute atomic E-state index is 0.0620. The third-order valence-electron chi connectivity index (χ3n) is 3.38. The first-order chi connectivity index (χ1) is 7.85. The minimum Gasteiger partial charge on any atom is -0.356 e. The molecule has 0 aromatic heterocycles. The molecule has 1 heterocycles. The molecule has 2 bridgehead atoms. The van der Waals surface area contributed by atoms with Gasteiger partial charge < -0.3 is 9.47 Å². The maximum atomic E-state index is 5.15. The van der Waals surface area contributed by atoms with Crippen LogP contribution in [0.25, 0.3) is 0 Å². The lowest BCUT2D eigenvalue weighted by Gasteiger charge is -2.12. The third-order valence-corrected chi connectivity index (χ3v) is 3.38. The van der Waals surface area contributed by atoms with Crippen molar-refractivity contribution in [1.29, 1.82) is 0 Å². The van der Waals surface area contributed by atoms with Crippen LogP contribution >= 0.6 is 0 Å². The summed E-state index contributed by atoms with van der Waals surface area (Å²) in [6.45, 7) is 0. The molecule has 1 saturated carbocycles. The lowest BCUT2D eigenvalue weighted by molar-refractivity contribution is -0.106. The van der Waals surface area contributed by atoms with E-state index in [1.165, 1.54) is 18.4 Å². The van der Waals surface area contributed by atoms with E-state index in [2.05, 4.69) is 16.3 Å². The summed E-state index contributed by atoms with van der Waals surface area (Å²) in [6.07, 6.45) is 7.77. The number of ether oxygens (including phenoxy) is 2. The number of fused-ring (bicyclic) bond motifs is 2. The maximum Gasteiger partial charge on any atom is 0.156 e. The van der Waals surface area contributed by atoms with E-state index in [1.807, 2.05) is 0 Å². The van der Waals surface area contributed by atoms with Gasteiger partial charge in [0, 0.05) is 14.2 Å². The zero-order valence-electron chi connectivity index (χ0n) is 10.1. The van der Waals surface area contributed by atoms with Crippen LogP contribution < -0.4 is 0 Å². The smallest absolute Gasteiger partial charge is 0.156 e. The highest BCUT2D eigenvalue weighted by Gasteiger charge is 2.34. The average molecular weight is 224 g/mol. The molecule has 1 fully saturated rings. The number of rotatable bonds is 6. The van der Waals surface area contributed by atoms with Gasteiger partial charge in [-0.1, -0.05) is 6.08 Å². The fourth-order valence-electron chi connectivity index (χ4n) is 2.44. The highest BCUT2D eigenvalue weighted by atomic mass is 16.7. The van der Waals surface area contributed by atoms with Crippen LogP contribution in [0.2, 0.25) is 0 Å². The summed E-state index contributed by atoms with van der Waals surface area (Å²) in [5.74, 6) is 0. The summed E-state index contributed by atoms with van der Waals surface area (Å²) >= 11 is 0. The Hall–Kier alpha value is -0.740. The molecule has 0 N–H and O–H groups in total. The fourth-order valence-corrected chi connectivity index (χ4v) is 2.44. The van der Waals surface area contributed by atoms with Crippen LogP contribution in [-0.2, 0) is 9.47 Å². The first kappa shape index (κ1) is 11.7. The number of nitrogens with zero attached hydrogens (tertiary/aromatic N) is 2. The van der Waals surface area contributed by atoms with Gasteiger partial charge in [-0.15, -0.1) is 0 Å². The monoisotopic (exact) mass is 224 g/mol. The molecule has 0 amide bonds. The van der Waals surface area contributed by atoms with Gasteiger partial charge in [0.2, 0.25) is 0 Å². The third kappa shape index (κ3) is 2.50. The first-order valence-corrected chi connectivity index (χ1v) is 6.00. The Labute approximate surface area is 96.7 Å². The normalized spacial score (nSPS) is 29.8. The molecule has 0 saturated heterocycles.